The van der Waals surface area contributed by atoms with Gasteiger partial charge >= 0.3 is 0 Å². The summed E-state index contributed by atoms with van der Waals surface area (Å²) in [6.45, 7) is 0. The second-order valence-electron chi connectivity index (χ2n) is 3.63. The smallest absolute Gasteiger partial charge is 0.106 e. The minimum atomic E-state index is 0.189. The molecule has 0 saturated heterocycles. The molecule has 1 aliphatic carbocycles. The summed E-state index contributed by atoms with van der Waals surface area (Å²) in [7, 11) is 0. The molecule has 0 radical (unpaired) electrons. The van der Waals surface area contributed by atoms with Crippen molar-refractivity contribution in [2.45, 2.75) is 25.3 Å². The molecule has 1 aromatic rings. The maximum Gasteiger partial charge on any atom is 0.106 e. The molecular formula is C10H13BrN2. The second kappa shape index (κ2) is 3.76. The molecule has 0 spiro atoms. The molecular weight excluding hydrogens is 228 g/mol. The number of nitrogens with zero attached hydrogens (tertiary/aromatic N) is 1. The summed E-state index contributed by atoms with van der Waals surface area (Å²) < 4.78 is 0.872. The third-order valence-corrected chi connectivity index (χ3v) is 3.26. The Kier molecular flexibility index (Phi) is 2.65. The van der Waals surface area contributed by atoms with Crippen LogP contribution >= 0.6 is 15.9 Å². The first-order valence-corrected chi connectivity index (χ1v) is 5.43. The van der Waals surface area contributed by atoms with Gasteiger partial charge in [-0.3, -0.25) is 0 Å². The Bertz CT molecular complexity index is 279. The number of nitrogens with two attached hydrogens (primary N) is 1. The van der Waals surface area contributed by atoms with Crippen molar-refractivity contribution in [1.82, 2.24) is 4.98 Å². The third-order valence-electron chi connectivity index (χ3n) is 2.79. The number of halogens is 1. The summed E-state index contributed by atoms with van der Waals surface area (Å²) in [5.74, 6) is 0.683. The van der Waals surface area contributed by atoms with Crippen LogP contribution in [0, 0.1) is 5.92 Å². The van der Waals surface area contributed by atoms with E-state index in [1.165, 1.54) is 19.3 Å². The van der Waals surface area contributed by atoms with Gasteiger partial charge in [0.2, 0.25) is 0 Å². The van der Waals surface area contributed by atoms with Crippen molar-refractivity contribution in [2.24, 2.45) is 11.7 Å². The topological polar surface area (TPSA) is 38.9 Å². The maximum atomic E-state index is 6.10. The van der Waals surface area contributed by atoms with E-state index in [0.29, 0.717) is 5.92 Å². The number of hydrogen-bond donors (Lipinski definition) is 1. The van der Waals surface area contributed by atoms with Crippen LogP contribution < -0.4 is 5.73 Å². The highest BCUT2D eigenvalue weighted by atomic mass is 79.9. The Labute approximate surface area is 86.7 Å². The molecule has 1 heterocycles. The van der Waals surface area contributed by atoms with E-state index in [4.69, 9.17) is 5.73 Å². The predicted molar refractivity (Wildman–Crippen MR) is 56.2 cm³/mol. The van der Waals surface area contributed by atoms with Crippen LogP contribution in [0.1, 0.15) is 30.9 Å². The number of rotatable bonds is 2. The standard InChI is InChI=1S/C10H13BrN2/c11-9-5-4-8(6-13-9)10(12)7-2-1-3-7/h4-7,10H,1-3,12H2/t10-/m0/s1. The first-order valence-electron chi connectivity index (χ1n) is 4.64. The van der Waals surface area contributed by atoms with Crippen LogP contribution in [0.25, 0.3) is 0 Å². The Hall–Kier alpha value is -0.410. The van der Waals surface area contributed by atoms with Crippen molar-refractivity contribution in [2.75, 3.05) is 0 Å². The van der Waals surface area contributed by atoms with Gasteiger partial charge in [-0.1, -0.05) is 12.5 Å². The fourth-order valence-corrected chi connectivity index (χ4v) is 1.89. The zero-order chi connectivity index (χ0) is 9.26. The van der Waals surface area contributed by atoms with E-state index in [1.807, 2.05) is 12.3 Å². The SMILES string of the molecule is N[C@H](c1ccc(Br)nc1)C1CCC1. The third kappa shape index (κ3) is 1.92. The molecule has 1 atom stereocenters. The molecule has 0 amide bonds. The normalized spacial score (nSPS) is 19.5. The zero-order valence-corrected chi connectivity index (χ0v) is 9.00. The molecule has 1 aromatic heterocycles. The number of pyridine rings is 1. The van der Waals surface area contributed by atoms with Gasteiger partial charge in [0.1, 0.15) is 4.60 Å². The summed E-state index contributed by atoms with van der Waals surface area (Å²) in [4.78, 5) is 4.18. The van der Waals surface area contributed by atoms with Gasteiger partial charge in [-0.05, 0) is 46.3 Å². The lowest BCUT2D eigenvalue weighted by molar-refractivity contribution is 0.264. The van der Waals surface area contributed by atoms with E-state index in [1.54, 1.807) is 0 Å². The molecule has 0 unspecified atom stereocenters. The molecule has 1 saturated carbocycles. The van der Waals surface area contributed by atoms with E-state index in [0.717, 1.165) is 10.2 Å². The van der Waals surface area contributed by atoms with Crippen molar-refractivity contribution in [3.63, 3.8) is 0 Å². The van der Waals surface area contributed by atoms with Gasteiger partial charge in [-0.25, -0.2) is 4.98 Å². The monoisotopic (exact) mass is 240 g/mol. The summed E-state index contributed by atoms with van der Waals surface area (Å²) in [5, 5.41) is 0. The van der Waals surface area contributed by atoms with Crippen molar-refractivity contribution < 1.29 is 0 Å². The minimum absolute atomic E-state index is 0.189. The molecule has 1 aliphatic rings. The second-order valence-corrected chi connectivity index (χ2v) is 4.44. The Morgan fingerprint density at radius 3 is 2.69 bits per heavy atom. The van der Waals surface area contributed by atoms with Crippen LogP contribution in [0.15, 0.2) is 22.9 Å². The molecule has 2 N–H and O–H groups in total. The van der Waals surface area contributed by atoms with Gasteiger partial charge < -0.3 is 5.73 Å². The summed E-state index contributed by atoms with van der Waals surface area (Å²) in [5.41, 5.74) is 7.26. The van der Waals surface area contributed by atoms with Crippen molar-refractivity contribution in [3.8, 4) is 0 Å². The lowest BCUT2D eigenvalue weighted by Crippen LogP contribution is -2.26. The fraction of sp³-hybridized carbons (Fsp3) is 0.500. The Balaban J connectivity index is 2.10. The van der Waals surface area contributed by atoms with E-state index < -0.39 is 0 Å². The first-order chi connectivity index (χ1) is 6.27. The lowest BCUT2D eigenvalue weighted by atomic mass is 9.78. The highest BCUT2D eigenvalue weighted by Gasteiger charge is 2.25. The van der Waals surface area contributed by atoms with Crippen molar-refractivity contribution in [1.29, 1.82) is 0 Å². The van der Waals surface area contributed by atoms with Crippen molar-refractivity contribution >= 4 is 15.9 Å². The Morgan fingerprint density at radius 2 is 2.23 bits per heavy atom. The molecule has 2 rings (SSSR count). The summed E-state index contributed by atoms with van der Waals surface area (Å²) in [6, 6.07) is 4.20. The van der Waals surface area contributed by atoms with Crippen LogP contribution in [-0.4, -0.2) is 4.98 Å². The summed E-state index contributed by atoms with van der Waals surface area (Å²) >= 11 is 3.31. The maximum absolute atomic E-state index is 6.10. The van der Waals surface area contributed by atoms with Gasteiger partial charge in [0.15, 0.2) is 0 Å². The van der Waals surface area contributed by atoms with Gasteiger partial charge in [-0.2, -0.15) is 0 Å². The highest BCUT2D eigenvalue weighted by Crippen LogP contribution is 2.35. The van der Waals surface area contributed by atoms with Crippen LogP contribution in [0.4, 0.5) is 0 Å². The molecule has 0 aromatic carbocycles. The zero-order valence-electron chi connectivity index (χ0n) is 7.41. The van der Waals surface area contributed by atoms with Crippen LogP contribution in [-0.2, 0) is 0 Å². The van der Waals surface area contributed by atoms with Crippen LogP contribution in [0.3, 0.4) is 0 Å². The highest BCUT2D eigenvalue weighted by molar-refractivity contribution is 9.10. The molecule has 3 heteroatoms. The van der Waals surface area contributed by atoms with E-state index >= 15 is 0 Å². The van der Waals surface area contributed by atoms with E-state index in [9.17, 15) is 0 Å². The average molecular weight is 241 g/mol. The quantitative estimate of drug-likeness (QED) is 0.808. The van der Waals surface area contributed by atoms with Crippen molar-refractivity contribution in [3.05, 3.63) is 28.5 Å². The minimum Gasteiger partial charge on any atom is -0.324 e. The Morgan fingerprint density at radius 1 is 1.46 bits per heavy atom. The predicted octanol–water partition coefficient (Wildman–Crippen LogP) is 2.64. The summed E-state index contributed by atoms with van der Waals surface area (Å²) in [6.07, 6.45) is 5.75. The first kappa shape index (κ1) is 9.16. The van der Waals surface area contributed by atoms with Gasteiger partial charge in [0.05, 0.1) is 0 Å². The lowest BCUT2D eigenvalue weighted by Gasteiger charge is -2.31. The molecule has 70 valence electrons. The number of hydrogen-bond acceptors (Lipinski definition) is 2. The van der Waals surface area contributed by atoms with Crippen LogP contribution in [0.5, 0.6) is 0 Å². The molecule has 1 fully saturated rings. The average Bonchev–Trinajstić information content (AvgIpc) is 2.02. The molecule has 0 aliphatic heterocycles. The molecule has 2 nitrogen and oxygen atoms in total. The molecule has 13 heavy (non-hydrogen) atoms. The largest absolute Gasteiger partial charge is 0.324 e. The van der Waals surface area contributed by atoms with Gasteiger partial charge in [0.25, 0.3) is 0 Å². The van der Waals surface area contributed by atoms with E-state index in [2.05, 4.69) is 27.0 Å². The van der Waals surface area contributed by atoms with Gasteiger partial charge in [0, 0.05) is 12.2 Å². The van der Waals surface area contributed by atoms with E-state index in [-0.39, 0.29) is 6.04 Å². The molecule has 0 bridgehead atoms. The van der Waals surface area contributed by atoms with Gasteiger partial charge in [-0.15, -0.1) is 0 Å². The number of aromatic nitrogens is 1. The fourth-order valence-electron chi connectivity index (χ4n) is 1.66. The van der Waals surface area contributed by atoms with Crippen LogP contribution in [0.2, 0.25) is 0 Å².